The first kappa shape index (κ1) is 17.1. The number of nitrogens with one attached hydrogen (secondary N) is 1. The van der Waals surface area contributed by atoms with Crippen molar-refractivity contribution in [3.8, 4) is 17.1 Å². The number of amides is 1. The van der Waals surface area contributed by atoms with Crippen molar-refractivity contribution in [3.05, 3.63) is 24.3 Å². The normalized spacial score (nSPS) is 10.8. The maximum Gasteiger partial charge on any atom is 0.230 e. The van der Waals surface area contributed by atoms with Crippen molar-refractivity contribution in [2.75, 3.05) is 25.3 Å². The summed E-state index contributed by atoms with van der Waals surface area (Å²) in [6, 6.07) is 7.37. The summed E-state index contributed by atoms with van der Waals surface area (Å²) in [6.45, 7) is 4.75. The number of carbonyl (C=O) groups is 1. The first-order valence-electron chi connectivity index (χ1n) is 7.25. The third-order valence-electron chi connectivity index (χ3n) is 3.05. The van der Waals surface area contributed by atoms with Crippen LogP contribution in [0.25, 0.3) is 11.4 Å². The Hall–Kier alpha value is -2.22. The highest BCUT2D eigenvalue weighted by molar-refractivity contribution is 7.99. The van der Waals surface area contributed by atoms with Gasteiger partial charge in [0.25, 0.3) is 0 Å². The molecule has 8 heteroatoms. The first-order chi connectivity index (χ1) is 11.0. The van der Waals surface area contributed by atoms with Gasteiger partial charge in [-0.2, -0.15) is 0 Å². The van der Waals surface area contributed by atoms with E-state index in [0.29, 0.717) is 23.4 Å². The van der Waals surface area contributed by atoms with Gasteiger partial charge in [-0.3, -0.25) is 4.79 Å². The van der Waals surface area contributed by atoms with Gasteiger partial charge in [0, 0.05) is 12.1 Å². The molecular weight excluding hydrogens is 314 g/mol. The molecule has 0 aliphatic rings. The number of methoxy groups -OCH3 is 1. The van der Waals surface area contributed by atoms with Crippen molar-refractivity contribution in [1.29, 1.82) is 0 Å². The summed E-state index contributed by atoms with van der Waals surface area (Å²) in [6.07, 6.45) is 0. The number of carbonyl (C=O) groups excluding carboxylic acids is 1. The number of benzene rings is 1. The van der Waals surface area contributed by atoms with Crippen molar-refractivity contribution in [1.82, 2.24) is 20.2 Å². The fourth-order valence-electron chi connectivity index (χ4n) is 1.81. The third-order valence-corrected chi connectivity index (χ3v) is 4.00. The molecule has 0 aliphatic carbocycles. The number of rotatable bonds is 7. The summed E-state index contributed by atoms with van der Waals surface area (Å²) in [5, 5.41) is 11.5. The highest BCUT2D eigenvalue weighted by Crippen LogP contribution is 2.23. The summed E-state index contributed by atoms with van der Waals surface area (Å²) in [5.41, 5.74) is 0.830. The van der Waals surface area contributed by atoms with E-state index in [-0.39, 0.29) is 11.7 Å². The lowest BCUT2D eigenvalue weighted by molar-refractivity contribution is -0.118. The van der Waals surface area contributed by atoms with Gasteiger partial charge < -0.3 is 15.9 Å². The van der Waals surface area contributed by atoms with Gasteiger partial charge in [-0.25, -0.2) is 4.68 Å². The smallest absolute Gasteiger partial charge is 0.230 e. The molecule has 0 aliphatic heterocycles. The molecule has 2 rings (SSSR count). The molecule has 0 atom stereocenters. The second-order valence-electron chi connectivity index (χ2n) is 5.39. The van der Waals surface area contributed by atoms with E-state index in [1.54, 1.807) is 7.11 Å². The lowest BCUT2D eigenvalue weighted by Crippen LogP contribution is -2.29. The lowest BCUT2D eigenvalue weighted by atomic mass is 10.2. The molecule has 1 heterocycles. The number of hydrogen-bond acceptors (Lipinski definition) is 6. The van der Waals surface area contributed by atoms with E-state index in [1.165, 1.54) is 16.4 Å². The number of ether oxygens (including phenoxy) is 1. The van der Waals surface area contributed by atoms with Crippen LogP contribution in [-0.2, 0) is 4.79 Å². The quantitative estimate of drug-likeness (QED) is 0.588. The molecule has 0 bridgehead atoms. The van der Waals surface area contributed by atoms with Gasteiger partial charge in [0.2, 0.25) is 11.1 Å². The molecule has 3 N–H and O–H groups in total. The van der Waals surface area contributed by atoms with Crippen LogP contribution in [-0.4, -0.2) is 40.2 Å². The van der Waals surface area contributed by atoms with E-state index in [9.17, 15) is 4.79 Å². The van der Waals surface area contributed by atoms with Crippen LogP contribution in [0.2, 0.25) is 0 Å². The van der Waals surface area contributed by atoms with E-state index in [1.807, 2.05) is 38.1 Å². The van der Waals surface area contributed by atoms with Gasteiger partial charge in [-0.15, -0.1) is 10.2 Å². The largest absolute Gasteiger partial charge is 0.497 e. The summed E-state index contributed by atoms with van der Waals surface area (Å²) in [5.74, 6) is 7.95. The van der Waals surface area contributed by atoms with Crippen molar-refractivity contribution in [3.63, 3.8) is 0 Å². The number of nitrogens with two attached hydrogens (primary N) is 1. The van der Waals surface area contributed by atoms with Crippen LogP contribution >= 0.6 is 11.8 Å². The molecule has 0 radical (unpaired) electrons. The topological polar surface area (TPSA) is 95.1 Å². The van der Waals surface area contributed by atoms with Gasteiger partial charge in [0.1, 0.15) is 5.75 Å². The molecule has 23 heavy (non-hydrogen) atoms. The lowest BCUT2D eigenvalue weighted by Gasteiger charge is -2.07. The highest BCUT2D eigenvalue weighted by Gasteiger charge is 2.14. The summed E-state index contributed by atoms with van der Waals surface area (Å²) < 4.78 is 6.51. The standard InChI is InChI=1S/C15H21N5O2S/c1-10(2)8-17-13(21)9-23-15-19-18-14(20(15)16)11-4-6-12(22-3)7-5-11/h4-7,10H,8-9,16H2,1-3H3,(H,17,21). The second-order valence-corrected chi connectivity index (χ2v) is 6.33. The average Bonchev–Trinajstić information content (AvgIpc) is 2.92. The maximum atomic E-state index is 11.7. The molecule has 1 aromatic heterocycles. The molecule has 1 aromatic carbocycles. The zero-order valence-corrected chi connectivity index (χ0v) is 14.3. The van der Waals surface area contributed by atoms with Gasteiger partial charge in [0.15, 0.2) is 5.82 Å². The van der Waals surface area contributed by atoms with Gasteiger partial charge >= 0.3 is 0 Å². The molecule has 1 amide bonds. The number of aromatic nitrogens is 3. The van der Waals surface area contributed by atoms with Crippen LogP contribution in [0.4, 0.5) is 0 Å². The van der Waals surface area contributed by atoms with Crippen LogP contribution < -0.4 is 15.9 Å². The molecule has 2 aromatic rings. The minimum Gasteiger partial charge on any atom is -0.497 e. The molecule has 124 valence electrons. The minimum atomic E-state index is -0.0438. The molecule has 0 saturated heterocycles. The van der Waals surface area contributed by atoms with Gasteiger partial charge in [-0.1, -0.05) is 25.6 Å². The van der Waals surface area contributed by atoms with E-state index >= 15 is 0 Å². The Morgan fingerprint density at radius 1 is 1.35 bits per heavy atom. The molecule has 0 saturated carbocycles. The predicted molar refractivity (Wildman–Crippen MR) is 90.7 cm³/mol. The Kier molecular flexibility index (Phi) is 5.86. The van der Waals surface area contributed by atoms with Gasteiger partial charge in [-0.05, 0) is 30.2 Å². The molecule has 0 unspecified atom stereocenters. The van der Waals surface area contributed by atoms with E-state index < -0.39 is 0 Å². The fourth-order valence-corrected chi connectivity index (χ4v) is 2.50. The predicted octanol–water partition coefficient (Wildman–Crippen LogP) is 1.53. The van der Waals surface area contributed by atoms with Crippen molar-refractivity contribution >= 4 is 17.7 Å². The number of thioether (sulfide) groups is 1. The Morgan fingerprint density at radius 3 is 2.65 bits per heavy atom. The van der Waals surface area contributed by atoms with Crippen molar-refractivity contribution < 1.29 is 9.53 Å². The Balaban J connectivity index is 2.00. The number of hydrogen-bond donors (Lipinski definition) is 2. The minimum absolute atomic E-state index is 0.0438. The molecule has 7 nitrogen and oxygen atoms in total. The SMILES string of the molecule is COc1ccc(-c2nnc(SCC(=O)NCC(C)C)n2N)cc1. The van der Waals surface area contributed by atoms with Crippen LogP contribution in [0.15, 0.2) is 29.4 Å². The summed E-state index contributed by atoms with van der Waals surface area (Å²) >= 11 is 1.26. The molecule has 0 spiro atoms. The highest BCUT2D eigenvalue weighted by atomic mass is 32.2. The summed E-state index contributed by atoms with van der Waals surface area (Å²) in [4.78, 5) is 11.7. The molecular formula is C15H21N5O2S. The Labute approximate surface area is 139 Å². The van der Waals surface area contributed by atoms with Crippen LogP contribution in [0.1, 0.15) is 13.8 Å². The average molecular weight is 335 g/mol. The molecule has 0 fully saturated rings. The monoisotopic (exact) mass is 335 g/mol. The van der Waals surface area contributed by atoms with Crippen molar-refractivity contribution in [2.45, 2.75) is 19.0 Å². The van der Waals surface area contributed by atoms with Crippen molar-refractivity contribution in [2.24, 2.45) is 5.92 Å². The number of nitrogen functional groups attached to an aromatic ring is 1. The first-order valence-corrected chi connectivity index (χ1v) is 8.24. The van der Waals surface area contributed by atoms with Gasteiger partial charge in [0.05, 0.1) is 12.9 Å². The zero-order chi connectivity index (χ0) is 16.8. The van der Waals surface area contributed by atoms with E-state index in [0.717, 1.165) is 11.3 Å². The second kappa shape index (κ2) is 7.87. The Bertz CT molecular complexity index is 654. The number of nitrogens with zero attached hydrogens (tertiary/aromatic N) is 3. The Morgan fingerprint density at radius 2 is 2.04 bits per heavy atom. The van der Waals surface area contributed by atoms with Crippen LogP contribution in [0.5, 0.6) is 5.75 Å². The summed E-state index contributed by atoms with van der Waals surface area (Å²) in [7, 11) is 1.61. The third kappa shape index (κ3) is 4.62. The fraction of sp³-hybridized carbons (Fsp3) is 0.400. The maximum absolute atomic E-state index is 11.7. The van der Waals surface area contributed by atoms with Crippen LogP contribution in [0.3, 0.4) is 0 Å². The van der Waals surface area contributed by atoms with E-state index in [4.69, 9.17) is 10.6 Å². The van der Waals surface area contributed by atoms with E-state index in [2.05, 4.69) is 15.5 Å². The van der Waals surface area contributed by atoms with Crippen LogP contribution in [0, 0.1) is 5.92 Å². The zero-order valence-electron chi connectivity index (χ0n) is 13.4.